The molecule has 0 atom stereocenters. The molecule has 5 aromatic rings. The number of anilines is 1. The van der Waals surface area contributed by atoms with Gasteiger partial charge in [0.05, 0.1) is 40.0 Å². The number of fused-ring (bicyclic) bond motifs is 2. The Kier molecular flexibility index (Phi) is 4.37. The number of thiazole rings is 1. The van der Waals surface area contributed by atoms with Gasteiger partial charge in [-0.05, 0) is 24.3 Å². The predicted octanol–water partition coefficient (Wildman–Crippen LogP) is 2.89. The number of hydrogen-bond donors (Lipinski definition) is 1. The number of methoxy groups -OCH3 is 1. The molecular formula is C18H14N6O4S2. The summed E-state index contributed by atoms with van der Waals surface area (Å²) in [5, 5.41) is 8.37. The minimum atomic E-state index is -3.91. The highest BCUT2D eigenvalue weighted by Crippen LogP contribution is 2.33. The van der Waals surface area contributed by atoms with Crippen LogP contribution in [0.15, 0.2) is 57.7 Å². The molecule has 0 aliphatic heterocycles. The van der Waals surface area contributed by atoms with Crippen LogP contribution in [0, 0.1) is 0 Å². The first-order chi connectivity index (χ1) is 14.5. The molecule has 4 heterocycles. The Morgan fingerprint density at radius 3 is 3.00 bits per heavy atom. The van der Waals surface area contributed by atoms with Crippen LogP contribution in [0.1, 0.15) is 5.69 Å². The second kappa shape index (κ2) is 7.07. The van der Waals surface area contributed by atoms with Crippen molar-refractivity contribution in [2.45, 2.75) is 11.4 Å². The van der Waals surface area contributed by atoms with Gasteiger partial charge in [-0.25, -0.2) is 18.4 Å². The molecule has 5 rings (SSSR count). The summed E-state index contributed by atoms with van der Waals surface area (Å²) in [6.45, 7) is 0.399. The molecule has 152 valence electrons. The number of pyridine rings is 1. The molecule has 1 aromatic carbocycles. The Labute approximate surface area is 174 Å². The van der Waals surface area contributed by atoms with Crippen molar-refractivity contribution < 1.29 is 17.7 Å². The van der Waals surface area contributed by atoms with Crippen molar-refractivity contribution in [3.05, 3.63) is 53.9 Å². The van der Waals surface area contributed by atoms with Crippen molar-refractivity contribution in [1.29, 1.82) is 0 Å². The fourth-order valence-corrected chi connectivity index (χ4v) is 4.85. The standard InChI is InChI=1S/C18H14N6O4S2/c1-27-18-16-14(7-11(21-18)9-24-6-2-5-20-24)28-22-17(16)23-30(25,26)12-3-4-13-15(8-12)29-10-19-13/h2-8,10H,9H2,1H3,(H,22,23). The van der Waals surface area contributed by atoms with E-state index in [1.54, 1.807) is 46.9 Å². The van der Waals surface area contributed by atoms with Gasteiger partial charge in [-0.15, -0.1) is 11.3 Å². The van der Waals surface area contributed by atoms with Gasteiger partial charge < -0.3 is 9.26 Å². The van der Waals surface area contributed by atoms with Gasteiger partial charge in [-0.2, -0.15) is 5.10 Å². The van der Waals surface area contributed by atoms with Gasteiger partial charge in [0.15, 0.2) is 11.4 Å². The molecule has 0 bridgehead atoms. The van der Waals surface area contributed by atoms with E-state index in [2.05, 4.69) is 24.9 Å². The van der Waals surface area contributed by atoms with E-state index in [1.165, 1.54) is 24.5 Å². The smallest absolute Gasteiger partial charge is 0.263 e. The van der Waals surface area contributed by atoms with Gasteiger partial charge in [0.2, 0.25) is 5.88 Å². The lowest BCUT2D eigenvalue weighted by molar-refractivity contribution is 0.400. The van der Waals surface area contributed by atoms with E-state index < -0.39 is 10.0 Å². The molecule has 0 saturated heterocycles. The first-order valence-corrected chi connectivity index (χ1v) is 11.1. The van der Waals surface area contributed by atoms with Crippen LogP contribution in [0.5, 0.6) is 5.88 Å². The van der Waals surface area contributed by atoms with Gasteiger partial charge in [-0.1, -0.05) is 5.16 Å². The highest BCUT2D eigenvalue weighted by Gasteiger charge is 2.23. The van der Waals surface area contributed by atoms with Crippen LogP contribution in [0.25, 0.3) is 21.2 Å². The average molecular weight is 442 g/mol. The molecule has 0 aliphatic carbocycles. The highest BCUT2D eigenvalue weighted by atomic mass is 32.2. The topological polar surface area (TPSA) is 125 Å². The maximum Gasteiger partial charge on any atom is 0.263 e. The number of nitrogens with zero attached hydrogens (tertiary/aromatic N) is 5. The molecule has 12 heteroatoms. The summed E-state index contributed by atoms with van der Waals surface area (Å²) in [6.07, 6.45) is 3.47. The third kappa shape index (κ3) is 3.25. The maximum atomic E-state index is 12.9. The molecule has 0 saturated carbocycles. The number of sulfonamides is 1. The minimum Gasteiger partial charge on any atom is -0.480 e. The minimum absolute atomic E-state index is 0.00407. The van der Waals surface area contributed by atoms with E-state index in [4.69, 9.17) is 9.26 Å². The summed E-state index contributed by atoms with van der Waals surface area (Å²) in [6, 6.07) is 8.19. The average Bonchev–Trinajstić information content (AvgIpc) is 3.48. The largest absolute Gasteiger partial charge is 0.480 e. The van der Waals surface area contributed by atoms with Crippen LogP contribution >= 0.6 is 11.3 Å². The molecular weight excluding hydrogens is 428 g/mol. The number of rotatable bonds is 6. The zero-order valence-electron chi connectivity index (χ0n) is 15.5. The Morgan fingerprint density at radius 2 is 2.20 bits per heavy atom. The molecule has 30 heavy (non-hydrogen) atoms. The lowest BCUT2D eigenvalue weighted by Crippen LogP contribution is -2.13. The SMILES string of the molecule is COc1nc(Cn2cccn2)cc2onc(NS(=O)(=O)c3ccc4ncsc4c3)c12. The van der Waals surface area contributed by atoms with Crippen molar-refractivity contribution >= 4 is 48.4 Å². The van der Waals surface area contributed by atoms with Crippen LogP contribution in [-0.2, 0) is 16.6 Å². The first-order valence-electron chi connectivity index (χ1n) is 8.70. The monoisotopic (exact) mass is 442 g/mol. The van der Waals surface area contributed by atoms with E-state index in [0.717, 1.165) is 10.2 Å². The van der Waals surface area contributed by atoms with Crippen molar-refractivity contribution in [2.24, 2.45) is 0 Å². The van der Waals surface area contributed by atoms with E-state index in [9.17, 15) is 8.42 Å². The number of aromatic nitrogens is 5. The molecule has 0 spiro atoms. The predicted molar refractivity (Wildman–Crippen MR) is 110 cm³/mol. The Hall–Kier alpha value is -3.51. The quantitative estimate of drug-likeness (QED) is 0.426. The molecule has 1 N–H and O–H groups in total. The maximum absolute atomic E-state index is 12.9. The van der Waals surface area contributed by atoms with Gasteiger partial charge in [0.1, 0.15) is 5.39 Å². The van der Waals surface area contributed by atoms with E-state index >= 15 is 0 Å². The second-order valence-electron chi connectivity index (χ2n) is 6.32. The molecule has 10 nitrogen and oxygen atoms in total. The van der Waals surface area contributed by atoms with Crippen LogP contribution in [0.2, 0.25) is 0 Å². The first kappa shape index (κ1) is 18.5. The molecule has 4 aromatic heterocycles. The molecule has 0 unspecified atom stereocenters. The summed E-state index contributed by atoms with van der Waals surface area (Å²) in [7, 11) is -2.46. The molecule has 0 amide bonds. The number of ether oxygens (including phenoxy) is 1. The zero-order chi connectivity index (χ0) is 20.7. The van der Waals surface area contributed by atoms with Crippen molar-refractivity contribution in [2.75, 3.05) is 11.8 Å². The zero-order valence-corrected chi connectivity index (χ0v) is 17.1. The van der Waals surface area contributed by atoms with Crippen LogP contribution in [0.3, 0.4) is 0 Å². The molecule has 0 fully saturated rings. The normalized spacial score (nSPS) is 11.9. The Balaban J connectivity index is 1.52. The van der Waals surface area contributed by atoms with E-state index in [0.29, 0.717) is 23.2 Å². The van der Waals surface area contributed by atoms with Gasteiger partial charge in [-0.3, -0.25) is 9.40 Å². The summed E-state index contributed by atoms with van der Waals surface area (Å²) in [4.78, 5) is 8.70. The summed E-state index contributed by atoms with van der Waals surface area (Å²) in [5.41, 5.74) is 3.38. The fraction of sp³-hybridized carbons (Fsp3) is 0.111. The Bertz CT molecular complexity index is 1460. The third-order valence-electron chi connectivity index (χ3n) is 4.40. The second-order valence-corrected chi connectivity index (χ2v) is 8.89. The third-order valence-corrected chi connectivity index (χ3v) is 6.52. The fourth-order valence-electron chi connectivity index (χ4n) is 3.03. The summed E-state index contributed by atoms with van der Waals surface area (Å²) >= 11 is 1.36. The number of hydrogen-bond acceptors (Lipinski definition) is 9. The summed E-state index contributed by atoms with van der Waals surface area (Å²) in [5.74, 6) is 0.205. The Morgan fingerprint density at radius 1 is 1.30 bits per heavy atom. The van der Waals surface area contributed by atoms with E-state index in [-0.39, 0.29) is 16.6 Å². The van der Waals surface area contributed by atoms with Crippen molar-refractivity contribution in [3.8, 4) is 5.88 Å². The highest BCUT2D eigenvalue weighted by molar-refractivity contribution is 7.92. The van der Waals surface area contributed by atoms with Crippen LogP contribution in [0.4, 0.5) is 5.82 Å². The lowest BCUT2D eigenvalue weighted by Gasteiger charge is -2.08. The van der Waals surface area contributed by atoms with Gasteiger partial charge in [0, 0.05) is 18.5 Å². The summed E-state index contributed by atoms with van der Waals surface area (Å²) < 4.78 is 41.5. The van der Waals surface area contributed by atoms with Crippen LogP contribution < -0.4 is 9.46 Å². The van der Waals surface area contributed by atoms with Crippen molar-refractivity contribution in [1.82, 2.24) is 24.9 Å². The van der Waals surface area contributed by atoms with Gasteiger partial charge >= 0.3 is 0 Å². The molecule has 0 aliphatic rings. The van der Waals surface area contributed by atoms with Gasteiger partial charge in [0.25, 0.3) is 10.0 Å². The number of benzene rings is 1. The van der Waals surface area contributed by atoms with Crippen LogP contribution in [-0.4, -0.2) is 40.4 Å². The molecule has 0 radical (unpaired) electrons. The van der Waals surface area contributed by atoms with Crippen molar-refractivity contribution in [3.63, 3.8) is 0 Å². The van der Waals surface area contributed by atoms with E-state index in [1.807, 2.05) is 0 Å². The lowest BCUT2D eigenvalue weighted by atomic mass is 10.2. The number of nitrogens with one attached hydrogen (secondary N) is 1.